The molecule has 0 saturated heterocycles. The second-order valence-electron chi connectivity index (χ2n) is 4.17. The summed E-state index contributed by atoms with van der Waals surface area (Å²) < 4.78 is 10.0. The van der Waals surface area contributed by atoms with Gasteiger partial charge in [-0.05, 0) is 25.1 Å². The number of methoxy groups -OCH3 is 1. The van der Waals surface area contributed by atoms with Crippen molar-refractivity contribution in [3.63, 3.8) is 0 Å². The lowest BCUT2D eigenvalue weighted by Crippen LogP contribution is -2.02. The van der Waals surface area contributed by atoms with E-state index in [1.165, 1.54) is 31.5 Å². The molecule has 0 aliphatic rings. The molecule has 1 aromatic carbocycles. The van der Waals surface area contributed by atoms with Gasteiger partial charge in [0.2, 0.25) is 5.75 Å². The maximum atomic E-state index is 11.5. The average molecular weight is 288 g/mol. The Morgan fingerprint density at radius 1 is 1.29 bits per heavy atom. The van der Waals surface area contributed by atoms with E-state index in [4.69, 9.17) is 4.74 Å². The van der Waals surface area contributed by atoms with Crippen LogP contribution in [0.15, 0.2) is 36.5 Å². The summed E-state index contributed by atoms with van der Waals surface area (Å²) in [6, 6.07) is 7.12. The molecule has 0 amide bonds. The van der Waals surface area contributed by atoms with Crippen molar-refractivity contribution in [2.24, 2.45) is 0 Å². The summed E-state index contributed by atoms with van der Waals surface area (Å²) >= 11 is 0. The van der Waals surface area contributed by atoms with Gasteiger partial charge in [0.25, 0.3) is 0 Å². The number of hydrogen-bond donors (Lipinski definition) is 0. The Kier molecular flexibility index (Phi) is 4.13. The van der Waals surface area contributed by atoms with Gasteiger partial charge < -0.3 is 9.47 Å². The molecule has 7 heteroatoms. The maximum Gasteiger partial charge on any atom is 0.337 e. The SMILES string of the molecule is COC(=O)c1ccc([N+](=O)[O-])c(Oc2ccc(C)nc2)c1. The van der Waals surface area contributed by atoms with Gasteiger partial charge in [0.1, 0.15) is 5.75 Å². The summed E-state index contributed by atoms with van der Waals surface area (Å²) in [7, 11) is 1.23. The third-order valence-electron chi connectivity index (χ3n) is 2.69. The third-order valence-corrected chi connectivity index (χ3v) is 2.69. The summed E-state index contributed by atoms with van der Waals surface area (Å²) in [6.07, 6.45) is 1.45. The van der Waals surface area contributed by atoms with E-state index in [1.54, 1.807) is 12.1 Å². The van der Waals surface area contributed by atoms with Crippen LogP contribution >= 0.6 is 0 Å². The predicted octanol–water partition coefficient (Wildman–Crippen LogP) is 2.88. The lowest BCUT2D eigenvalue weighted by Gasteiger charge is -2.07. The molecule has 0 fully saturated rings. The van der Waals surface area contributed by atoms with Crippen molar-refractivity contribution in [3.05, 3.63) is 57.9 Å². The van der Waals surface area contributed by atoms with Crippen molar-refractivity contribution in [1.82, 2.24) is 4.98 Å². The molecule has 21 heavy (non-hydrogen) atoms. The highest BCUT2D eigenvalue weighted by Crippen LogP contribution is 2.32. The van der Waals surface area contributed by atoms with Crippen LogP contribution in [0.5, 0.6) is 11.5 Å². The molecule has 108 valence electrons. The molecule has 2 rings (SSSR count). The number of nitrogens with zero attached hydrogens (tertiary/aromatic N) is 2. The summed E-state index contributed by atoms with van der Waals surface area (Å²) in [5.74, 6) is -0.309. The van der Waals surface area contributed by atoms with E-state index in [2.05, 4.69) is 9.72 Å². The van der Waals surface area contributed by atoms with Crippen LogP contribution in [0.4, 0.5) is 5.69 Å². The molecule has 1 aromatic heterocycles. The molecule has 0 aliphatic carbocycles. The first kappa shape index (κ1) is 14.4. The molecule has 0 saturated carbocycles. The van der Waals surface area contributed by atoms with Gasteiger partial charge in [-0.25, -0.2) is 4.79 Å². The van der Waals surface area contributed by atoms with Crippen molar-refractivity contribution in [3.8, 4) is 11.5 Å². The Bertz CT molecular complexity index is 682. The predicted molar refractivity (Wildman–Crippen MR) is 73.5 cm³/mol. The molecule has 1 heterocycles. The van der Waals surface area contributed by atoms with E-state index >= 15 is 0 Å². The molecular formula is C14H12N2O5. The van der Waals surface area contributed by atoms with E-state index < -0.39 is 10.9 Å². The number of ether oxygens (including phenoxy) is 2. The van der Waals surface area contributed by atoms with Crippen LogP contribution in [0, 0.1) is 17.0 Å². The minimum Gasteiger partial charge on any atom is -0.465 e. The summed E-state index contributed by atoms with van der Waals surface area (Å²) in [4.78, 5) is 25.9. The number of hydrogen-bond acceptors (Lipinski definition) is 6. The van der Waals surface area contributed by atoms with Crippen molar-refractivity contribution in [2.75, 3.05) is 7.11 Å². The fourth-order valence-corrected chi connectivity index (χ4v) is 1.63. The van der Waals surface area contributed by atoms with Crippen LogP contribution in [0.3, 0.4) is 0 Å². The minimum absolute atomic E-state index is 0.0476. The molecular weight excluding hydrogens is 276 g/mol. The number of pyridine rings is 1. The zero-order valence-corrected chi connectivity index (χ0v) is 11.4. The number of carbonyl (C=O) groups excluding carboxylic acids is 1. The Balaban J connectivity index is 2.40. The number of rotatable bonds is 4. The highest BCUT2D eigenvalue weighted by molar-refractivity contribution is 5.90. The second kappa shape index (κ2) is 6.00. The monoisotopic (exact) mass is 288 g/mol. The lowest BCUT2D eigenvalue weighted by atomic mass is 10.2. The van der Waals surface area contributed by atoms with E-state index in [-0.39, 0.29) is 17.0 Å². The van der Waals surface area contributed by atoms with Crippen LogP contribution in [0.25, 0.3) is 0 Å². The number of aromatic nitrogens is 1. The summed E-state index contributed by atoms with van der Waals surface area (Å²) in [5, 5.41) is 11.0. The van der Waals surface area contributed by atoms with E-state index in [0.29, 0.717) is 5.75 Å². The van der Waals surface area contributed by atoms with Crippen LogP contribution < -0.4 is 4.74 Å². The molecule has 2 aromatic rings. The van der Waals surface area contributed by atoms with E-state index in [9.17, 15) is 14.9 Å². The van der Waals surface area contributed by atoms with Crippen molar-refractivity contribution < 1.29 is 19.2 Å². The number of nitro benzene ring substituents is 1. The molecule has 7 nitrogen and oxygen atoms in total. The first-order valence-corrected chi connectivity index (χ1v) is 5.98. The highest BCUT2D eigenvalue weighted by Gasteiger charge is 2.19. The third kappa shape index (κ3) is 3.33. The van der Waals surface area contributed by atoms with Gasteiger partial charge in [0, 0.05) is 17.8 Å². The molecule has 0 radical (unpaired) electrons. The first-order valence-electron chi connectivity index (χ1n) is 5.98. The molecule has 0 aliphatic heterocycles. The Labute approximate surface area is 120 Å². The number of carbonyl (C=O) groups is 1. The van der Waals surface area contributed by atoms with Crippen molar-refractivity contribution in [1.29, 1.82) is 0 Å². The minimum atomic E-state index is -0.600. The summed E-state index contributed by atoms with van der Waals surface area (Å²) in [6.45, 7) is 1.81. The Morgan fingerprint density at radius 2 is 2.05 bits per heavy atom. The van der Waals surface area contributed by atoms with Gasteiger partial charge in [0.15, 0.2) is 0 Å². The number of benzene rings is 1. The van der Waals surface area contributed by atoms with Crippen molar-refractivity contribution >= 4 is 11.7 Å². The normalized spacial score (nSPS) is 10.0. The Morgan fingerprint density at radius 3 is 2.62 bits per heavy atom. The number of nitro groups is 1. The fourth-order valence-electron chi connectivity index (χ4n) is 1.63. The molecule has 0 bridgehead atoms. The van der Waals surface area contributed by atoms with Crippen LogP contribution in [-0.4, -0.2) is 23.0 Å². The zero-order chi connectivity index (χ0) is 15.4. The van der Waals surface area contributed by atoms with Gasteiger partial charge >= 0.3 is 11.7 Å². The van der Waals surface area contributed by atoms with E-state index in [1.807, 2.05) is 6.92 Å². The fraction of sp³-hybridized carbons (Fsp3) is 0.143. The Hall–Kier alpha value is -2.96. The van der Waals surface area contributed by atoms with Gasteiger partial charge in [-0.2, -0.15) is 0 Å². The first-order chi connectivity index (χ1) is 10.0. The van der Waals surface area contributed by atoms with Crippen LogP contribution in [-0.2, 0) is 4.74 Å². The average Bonchev–Trinajstić information content (AvgIpc) is 2.48. The van der Waals surface area contributed by atoms with Crippen molar-refractivity contribution in [2.45, 2.75) is 6.92 Å². The van der Waals surface area contributed by atoms with Crippen LogP contribution in [0.1, 0.15) is 16.1 Å². The van der Waals surface area contributed by atoms with Gasteiger partial charge in [-0.15, -0.1) is 0 Å². The van der Waals surface area contributed by atoms with Gasteiger partial charge in [-0.3, -0.25) is 15.1 Å². The highest BCUT2D eigenvalue weighted by atomic mass is 16.6. The topological polar surface area (TPSA) is 91.6 Å². The molecule has 0 atom stereocenters. The van der Waals surface area contributed by atoms with Gasteiger partial charge in [-0.1, -0.05) is 0 Å². The maximum absolute atomic E-state index is 11.5. The molecule has 0 N–H and O–H groups in total. The lowest BCUT2D eigenvalue weighted by molar-refractivity contribution is -0.385. The zero-order valence-electron chi connectivity index (χ0n) is 11.4. The van der Waals surface area contributed by atoms with E-state index in [0.717, 1.165) is 5.69 Å². The standard InChI is InChI=1S/C14H12N2O5/c1-9-3-5-11(8-15-9)21-13-7-10(14(17)20-2)4-6-12(13)16(18)19/h3-8H,1-2H3. The largest absolute Gasteiger partial charge is 0.465 e. The number of esters is 1. The van der Waals surface area contributed by atoms with Crippen LogP contribution in [0.2, 0.25) is 0 Å². The number of aryl methyl sites for hydroxylation is 1. The molecule has 0 unspecified atom stereocenters. The quantitative estimate of drug-likeness (QED) is 0.488. The second-order valence-corrected chi connectivity index (χ2v) is 4.17. The smallest absolute Gasteiger partial charge is 0.337 e. The summed E-state index contributed by atoms with van der Waals surface area (Å²) in [5.41, 5.74) is 0.710. The molecule has 0 spiro atoms. The van der Waals surface area contributed by atoms with Gasteiger partial charge in [0.05, 0.1) is 23.8 Å².